The first-order valence-corrected chi connectivity index (χ1v) is 8.54. The van der Waals surface area contributed by atoms with E-state index in [1.165, 1.54) is 12.1 Å². The maximum absolute atomic E-state index is 13.1. The maximum Gasteiger partial charge on any atom is 0.226 e. The molecule has 0 radical (unpaired) electrons. The van der Waals surface area contributed by atoms with Crippen LogP contribution < -0.4 is 10.6 Å². The van der Waals surface area contributed by atoms with Crippen molar-refractivity contribution in [3.63, 3.8) is 0 Å². The predicted octanol–water partition coefficient (Wildman–Crippen LogP) is 3.53. The van der Waals surface area contributed by atoms with Crippen molar-refractivity contribution in [3.05, 3.63) is 48.3 Å². The number of amides is 1. The summed E-state index contributed by atoms with van der Waals surface area (Å²) in [6.45, 7) is 2.00. The second kappa shape index (κ2) is 9.84. The topological polar surface area (TPSA) is 79.0 Å². The molecular weight excluding hydrogens is 406 g/mol. The SMILES string of the molecule is Cl.Cl.O=C(CC1COCCN1)Nc1ccc2nc(-c3ccc(F)cc3)[nH]c2c1. The van der Waals surface area contributed by atoms with Gasteiger partial charge in [0.2, 0.25) is 5.91 Å². The van der Waals surface area contributed by atoms with E-state index in [0.717, 1.165) is 23.1 Å². The monoisotopic (exact) mass is 426 g/mol. The lowest BCUT2D eigenvalue weighted by atomic mass is 10.2. The molecule has 3 N–H and O–H groups in total. The molecule has 6 nitrogen and oxygen atoms in total. The van der Waals surface area contributed by atoms with Crippen molar-refractivity contribution in [2.75, 3.05) is 25.1 Å². The Bertz CT molecular complexity index is 927. The van der Waals surface area contributed by atoms with Gasteiger partial charge in [0.1, 0.15) is 11.6 Å². The summed E-state index contributed by atoms with van der Waals surface area (Å²) in [4.78, 5) is 19.9. The molecule has 4 rings (SSSR count). The number of aromatic nitrogens is 2. The molecule has 9 heteroatoms. The number of benzene rings is 2. The maximum atomic E-state index is 13.1. The summed E-state index contributed by atoms with van der Waals surface area (Å²) in [5.74, 6) is 0.311. The Morgan fingerprint density at radius 3 is 2.71 bits per heavy atom. The summed E-state index contributed by atoms with van der Waals surface area (Å²) >= 11 is 0. The van der Waals surface area contributed by atoms with Crippen molar-refractivity contribution in [2.24, 2.45) is 0 Å². The number of nitrogens with zero attached hydrogens (tertiary/aromatic N) is 1. The molecule has 1 saturated heterocycles. The summed E-state index contributed by atoms with van der Waals surface area (Å²) in [5.41, 5.74) is 3.09. The summed E-state index contributed by atoms with van der Waals surface area (Å²) in [6.07, 6.45) is 0.363. The molecule has 1 fully saturated rings. The molecule has 1 atom stereocenters. The summed E-state index contributed by atoms with van der Waals surface area (Å²) < 4.78 is 18.4. The van der Waals surface area contributed by atoms with E-state index in [-0.39, 0.29) is 42.6 Å². The van der Waals surface area contributed by atoms with E-state index in [2.05, 4.69) is 20.6 Å². The van der Waals surface area contributed by atoms with Gasteiger partial charge in [-0.2, -0.15) is 0 Å². The Balaban J connectivity index is 0.00000140. The molecule has 28 heavy (non-hydrogen) atoms. The molecule has 2 aromatic carbocycles. The second-order valence-electron chi connectivity index (χ2n) is 6.30. The van der Waals surface area contributed by atoms with Gasteiger partial charge in [0.05, 0.1) is 24.2 Å². The van der Waals surface area contributed by atoms with E-state index < -0.39 is 0 Å². The van der Waals surface area contributed by atoms with Gasteiger partial charge in [0.15, 0.2) is 0 Å². The lowest BCUT2D eigenvalue weighted by Crippen LogP contribution is -2.43. The van der Waals surface area contributed by atoms with Gasteiger partial charge < -0.3 is 20.4 Å². The normalized spacial score (nSPS) is 16.1. The first kappa shape index (κ1) is 22.1. The lowest BCUT2D eigenvalue weighted by molar-refractivity contribution is -0.117. The van der Waals surface area contributed by atoms with Crippen LogP contribution in [0, 0.1) is 5.82 Å². The highest BCUT2D eigenvalue weighted by Crippen LogP contribution is 2.23. The molecule has 1 aliphatic rings. The number of rotatable bonds is 4. The quantitative estimate of drug-likeness (QED) is 0.596. The number of morpholine rings is 1. The number of ether oxygens (including phenoxy) is 1. The number of hydrogen-bond acceptors (Lipinski definition) is 4. The van der Waals surface area contributed by atoms with Gasteiger partial charge in [0.25, 0.3) is 0 Å². The Labute approximate surface area is 174 Å². The van der Waals surface area contributed by atoms with Crippen molar-refractivity contribution in [2.45, 2.75) is 12.5 Å². The Morgan fingerprint density at radius 2 is 2.00 bits per heavy atom. The van der Waals surface area contributed by atoms with Crippen LogP contribution in [0.15, 0.2) is 42.5 Å². The number of carbonyl (C=O) groups is 1. The molecule has 0 bridgehead atoms. The minimum atomic E-state index is -0.285. The first-order chi connectivity index (χ1) is 12.7. The van der Waals surface area contributed by atoms with Crippen LogP contribution in [0.1, 0.15) is 6.42 Å². The third kappa shape index (κ3) is 5.20. The zero-order valence-corrected chi connectivity index (χ0v) is 16.5. The van der Waals surface area contributed by atoms with Crippen LogP contribution in [0.25, 0.3) is 22.4 Å². The number of anilines is 1. The highest BCUT2D eigenvalue weighted by molar-refractivity contribution is 5.93. The third-order valence-corrected chi connectivity index (χ3v) is 4.31. The fourth-order valence-corrected chi connectivity index (χ4v) is 3.02. The average Bonchev–Trinajstić information content (AvgIpc) is 3.06. The summed E-state index contributed by atoms with van der Waals surface area (Å²) in [6, 6.07) is 11.7. The minimum absolute atomic E-state index is 0. The number of carbonyl (C=O) groups excluding carboxylic acids is 1. The van der Waals surface area contributed by atoms with Gasteiger partial charge in [-0.15, -0.1) is 24.8 Å². The molecule has 0 saturated carbocycles. The zero-order chi connectivity index (χ0) is 17.9. The van der Waals surface area contributed by atoms with Gasteiger partial charge in [0, 0.05) is 30.3 Å². The number of nitrogens with one attached hydrogen (secondary N) is 3. The fraction of sp³-hybridized carbons (Fsp3) is 0.263. The number of aromatic amines is 1. The van der Waals surface area contributed by atoms with E-state index in [1.807, 2.05) is 18.2 Å². The van der Waals surface area contributed by atoms with Crippen LogP contribution in [0.5, 0.6) is 0 Å². The number of halogens is 3. The van der Waals surface area contributed by atoms with Gasteiger partial charge >= 0.3 is 0 Å². The first-order valence-electron chi connectivity index (χ1n) is 8.54. The highest BCUT2D eigenvalue weighted by Gasteiger charge is 2.17. The minimum Gasteiger partial charge on any atom is -0.378 e. The Hall–Kier alpha value is -2.19. The predicted molar refractivity (Wildman–Crippen MR) is 112 cm³/mol. The van der Waals surface area contributed by atoms with Gasteiger partial charge in [-0.05, 0) is 42.5 Å². The third-order valence-electron chi connectivity index (χ3n) is 4.31. The summed E-state index contributed by atoms with van der Waals surface area (Å²) in [5, 5.41) is 6.17. The lowest BCUT2D eigenvalue weighted by Gasteiger charge is -2.23. The molecule has 1 amide bonds. The van der Waals surface area contributed by atoms with Crippen molar-refractivity contribution < 1.29 is 13.9 Å². The van der Waals surface area contributed by atoms with Crippen molar-refractivity contribution in [3.8, 4) is 11.4 Å². The van der Waals surface area contributed by atoms with Gasteiger partial charge in [-0.25, -0.2) is 9.37 Å². The molecule has 0 spiro atoms. The molecular formula is C19H21Cl2FN4O2. The van der Waals surface area contributed by atoms with Crippen LogP contribution in [0.4, 0.5) is 10.1 Å². The van der Waals surface area contributed by atoms with Crippen molar-refractivity contribution in [1.29, 1.82) is 0 Å². The number of imidazole rings is 1. The Kier molecular flexibility index (Phi) is 7.77. The van der Waals surface area contributed by atoms with E-state index in [0.29, 0.717) is 31.1 Å². The largest absolute Gasteiger partial charge is 0.378 e. The van der Waals surface area contributed by atoms with Crippen LogP contribution >= 0.6 is 24.8 Å². The molecule has 1 unspecified atom stereocenters. The number of fused-ring (bicyclic) bond motifs is 1. The van der Waals surface area contributed by atoms with Gasteiger partial charge in [-0.3, -0.25) is 4.79 Å². The average molecular weight is 427 g/mol. The number of hydrogen-bond donors (Lipinski definition) is 3. The molecule has 1 aliphatic heterocycles. The molecule has 150 valence electrons. The fourth-order valence-electron chi connectivity index (χ4n) is 3.02. The summed E-state index contributed by atoms with van der Waals surface area (Å²) in [7, 11) is 0. The van der Waals surface area contributed by atoms with Crippen LogP contribution in [0.2, 0.25) is 0 Å². The van der Waals surface area contributed by atoms with E-state index in [1.54, 1.807) is 12.1 Å². The Morgan fingerprint density at radius 1 is 1.21 bits per heavy atom. The van der Waals surface area contributed by atoms with Crippen LogP contribution in [-0.2, 0) is 9.53 Å². The molecule has 2 heterocycles. The van der Waals surface area contributed by atoms with Crippen LogP contribution in [0.3, 0.4) is 0 Å². The van der Waals surface area contributed by atoms with E-state index >= 15 is 0 Å². The van der Waals surface area contributed by atoms with Crippen LogP contribution in [-0.4, -0.2) is 41.7 Å². The van der Waals surface area contributed by atoms with Gasteiger partial charge in [-0.1, -0.05) is 0 Å². The zero-order valence-electron chi connectivity index (χ0n) is 14.9. The highest BCUT2D eigenvalue weighted by atomic mass is 35.5. The molecule has 1 aromatic heterocycles. The molecule has 0 aliphatic carbocycles. The number of H-pyrrole nitrogens is 1. The standard InChI is InChI=1S/C19H19FN4O2.2ClH/c20-13-3-1-12(2-4-13)19-23-16-6-5-14(9-17(16)24-19)22-18(25)10-15-11-26-8-7-21-15;;/h1-6,9,15,21H,7-8,10-11H2,(H,22,25)(H,23,24);2*1H. The van der Waals surface area contributed by atoms with E-state index in [9.17, 15) is 9.18 Å². The van der Waals surface area contributed by atoms with Crippen molar-refractivity contribution >= 4 is 47.4 Å². The van der Waals surface area contributed by atoms with E-state index in [4.69, 9.17) is 4.74 Å². The molecule has 3 aromatic rings. The van der Waals surface area contributed by atoms with Crippen molar-refractivity contribution in [1.82, 2.24) is 15.3 Å². The second-order valence-corrected chi connectivity index (χ2v) is 6.30. The smallest absolute Gasteiger partial charge is 0.226 e.